The number of ether oxygens (including phenoxy) is 2. The van der Waals surface area contributed by atoms with Gasteiger partial charge in [-0.1, -0.05) is 30.8 Å². The van der Waals surface area contributed by atoms with Gasteiger partial charge in [-0.2, -0.15) is 0 Å². The largest absolute Gasteiger partial charge is 0.497 e. The number of hydrogen-bond acceptors (Lipinski definition) is 8. The lowest BCUT2D eigenvalue weighted by atomic mass is 9.78. The molecule has 1 aromatic carbocycles. The van der Waals surface area contributed by atoms with Gasteiger partial charge in [0, 0.05) is 12.3 Å². The number of carbonyl (C=O) groups excluding carboxylic acids is 3. The molecule has 1 aromatic rings. The fourth-order valence-electron chi connectivity index (χ4n) is 5.24. The van der Waals surface area contributed by atoms with Crippen LogP contribution in [0.5, 0.6) is 5.75 Å². The van der Waals surface area contributed by atoms with Crippen molar-refractivity contribution in [2.75, 3.05) is 27.3 Å². The molecule has 3 aliphatic heterocycles. The Labute approximate surface area is 186 Å². The lowest BCUT2D eigenvalue weighted by Crippen LogP contribution is -2.59. The number of esters is 1. The van der Waals surface area contributed by atoms with Gasteiger partial charge >= 0.3 is 5.97 Å². The van der Waals surface area contributed by atoms with Crippen molar-refractivity contribution in [2.45, 2.75) is 37.6 Å². The maximum Gasteiger partial charge on any atom is 0.332 e. The van der Waals surface area contributed by atoms with Crippen molar-refractivity contribution in [3.63, 3.8) is 0 Å². The number of aliphatic imine (C=N–C) groups is 1. The molecule has 0 aliphatic carbocycles. The fourth-order valence-corrected chi connectivity index (χ4v) is 6.33. The van der Waals surface area contributed by atoms with Crippen LogP contribution in [0, 0.1) is 11.8 Å². The van der Waals surface area contributed by atoms with Gasteiger partial charge in [-0.15, -0.1) is 0 Å². The van der Waals surface area contributed by atoms with E-state index in [0.29, 0.717) is 30.4 Å². The molecule has 0 unspecified atom stereocenters. The summed E-state index contributed by atoms with van der Waals surface area (Å²) in [6, 6.07) is 7.46. The molecule has 9 heteroatoms. The van der Waals surface area contributed by atoms with E-state index in [2.05, 4.69) is 0 Å². The number of nitrogens with zero attached hydrogens (tertiary/aromatic N) is 3. The van der Waals surface area contributed by atoms with Crippen LogP contribution < -0.4 is 4.74 Å². The zero-order chi connectivity index (χ0) is 22.3. The first-order valence-electron chi connectivity index (χ1n) is 10.5. The van der Waals surface area contributed by atoms with E-state index in [9.17, 15) is 14.4 Å². The Balaban J connectivity index is 1.66. The van der Waals surface area contributed by atoms with Gasteiger partial charge < -0.3 is 14.4 Å². The lowest BCUT2D eigenvalue weighted by molar-refractivity contribution is -0.158. The molecule has 31 heavy (non-hydrogen) atoms. The predicted molar refractivity (Wildman–Crippen MR) is 117 cm³/mol. The van der Waals surface area contributed by atoms with Gasteiger partial charge in [0.05, 0.1) is 38.6 Å². The minimum absolute atomic E-state index is 0.205. The SMILES string of the molecule is CCN1C(=O)[C@H]2[C@H]3CN=C(SCc4ccc(OC)cc4)N3[C@@](CC)(C(=O)OC)[C@H]2C1=O. The van der Waals surface area contributed by atoms with Crippen LogP contribution in [0.3, 0.4) is 0 Å². The van der Waals surface area contributed by atoms with Crippen molar-refractivity contribution in [3.8, 4) is 5.75 Å². The number of imide groups is 1. The summed E-state index contributed by atoms with van der Waals surface area (Å²) < 4.78 is 10.4. The average Bonchev–Trinajstić information content (AvgIpc) is 3.41. The molecule has 2 saturated heterocycles. The van der Waals surface area contributed by atoms with Crippen molar-refractivity contribution in [1.29, 1.82) is 0 Å². The molecule has 0 radical (unpaired) electrons. The molecule has 166 valence electrons. The smallest absolute Gasteiger partial charge is 0.332 e. The highest BCUT2D eigenvalue weighted by atomic mass is 32.2. The molecule has 0 aromatic heterocycles. The Hall–Kier alpha value is -2.55. The summed E-state index contributed by atoms with van der Waals surface area (Å²) in [7, 11) is 2.96. The quantitative estimate of drug-likeness (QED) is 0.488. The highest BCUT2D eigenvalue weighted by Gasteiger charge is 2.73. The molecule has 0 bridgehead atoms. The first-order valence-corrected chi connectivity index (χ1v) is 11.5. The van der Waals surface area contributed by atoms with Crippen LogP contribution in [-0.4, -0.2) is 71.6 Å². The first-order chi connectivity index (χ1) is 14.9. The van der Waals surface area contributed by atoms with Crippen LogP contribution in [0.1, 0.15) is 25.8 Å². The van der Waals surface area contributed by atoms with E-state index in [1.165, 1.54) is 23.8 Å². The summed E-state index contributed by atoms with van der Waals surface area (Å²) in [6.07, 6.45) is 0.357. The molecule has 3 aliphatic rings. The standard InChI is InChI=1S/C22H27N3O5S/c1-5-22(20(28)30-4)17-16(18(26)24(6-2)19(17)27)15-11-23-21(25(15)22)31-12-13-7-9-14(29-3)10-8-13/h7-10,15-17H,5-6,11-12H2,1-4H3/t15-,16+,17-,22-/m1/s1. The number of benzene rings is 1. The van der Waals surface area contributed by atoms with Gasteiger partial charge in [-0.25, -0.2) is 4.79 Å². The summed E-state index contributed by atoms with van der Waals surface area (Å²) in [6.45, 7) is 4.34. The Bertz CT molecular complexity index is 934. The summed E-state index contributed by atoms with van der Waals surface area (Å²) >= 11 is 1.51. The zero-order valence-corrected chi connectivity index (χ0v) is 19.0. The topological polar surface area (TPSA) is 88.5 Å². The maximum absolute atomic E-state index is 13.2. The van der Waals surface area contributed by atoms with E-state index in [-0.39, 0.29) is 17.9 Å². The Morgan fingerprint density at radius 2 is 1.90 bits per heavy atom. The molecule has 0 spiro atoms. The highest BCUT2D eigenvalue weighted by molar-refractivity contribution is 8.13. The summed E-state index contributed by atoms with van der Waals surface area (Å²) in [5.41, 5.74) is -0.135. The number of amidine groups is 1. The van der Waals surface area contributed by atoms with Gasteiger partial charge in [0.25, 0.3) is 0 Å². The zero-order valence-electron chi connectivity index (χ0n) is 18.2. The number of carbonyl (C=O) groups is 3. The second-order valence-electron chi connectivity index (χ2n) is 7.89. The van der Waals surface area contributed by atoms with Crippen LogP contribution in [0.4, 0.5) is 0 Å². The molecular formula is C22H27N3O5S. The Morgan fingerprint density at radius 1 is 1.19 bits per heavy atom. The van der Waals surface area contributed by atoms with Gasteiger partial charge in [0.2, 0.25) is 11.8 Å². The minimum Gasteiger partial charge on any atom is -0.497 e. The lowest BCUT2D eigenvalue weighted by Gasteiger charge is -2.39. The Kier molecular flexibility index (Phi) is 5.72. The average molecular weight is 446 g/mol. The van der Waals surface area contributed by atoms with Gasteiger partial charge in [-0.05, 0) is 31.0 Å². The van der Waals surface area contributed by atoms with Crippen molar-refractivity contribution in [1.82, 2.24) is 9.80 Å². The second kappa shape index (κ2) is 8.18. The first kappa shape index (κ1) is 21.7. The van der Waals surface area contributed by atoms with Crippen LogP contribution in [-0.2, 0) is 24.9 Å². The fraction of sp³-hybridized carbons (Fsp3) is 0.545. The van der Waals surface area contributed by atoms with E-state index in [1.54, 1.807) is 14.0 Å². The van der Waals surface area contributed by atoms with Crippen molar-refractivity contribution in [2.24, 2.45) is 16.8 Å². The predicted octanol–water partition coefficient (Wildman–Crippen LogP) is 1.93. The van der Waals surface area contributed by atoms with Gasteiger partial charge in [-0.3, -0.25) is 19.5 Å². The molecule has 0 N–H and O–H groups in total. The number of fused-ring (bicyclic) bond motifs is 3. The van der Waals surface area contributed by atoms with Crippen LogP contribution >= 0.6 is 11.8 Å². The van der Waals surface area contributed by atoms with Gasteiger partial charge in [0.15, 0.2) is 10.7 Å². The molecule has 0 saturated carbocycles. The minimum atomic E-state index is -1.22. The molecular weight excluding hydrogens is 418 g/mol. The van der Waals surface area contributed by atoms with Crippen molar-refractivity contribution < 1.29 is 23.9 Å². The van der Waals surface area contributed by atoms with E-state index < -0.39 is 23.3 Å². The number of hydrogen-bond donors (Lipinski definition) is 0. The number of rotatable bonds is 6. The van der Waals surface area contributed by atoms with Crippen LogP contribution in [0.25, 0.3) is 0 Å². The third kappa shape index (κ3) is 3.04. The normalized spacial score (nSPS) is 29.2. The number of methoxy groups -OCH3 is 2. The monoisotopic (exact) mass is 445 g/mol. The second-order valence-corrected chi connectivity index (χ2v) is 8.83. The summed E-state index contributed by atoms with van der Waals surface area (Å²) in [5, 5.41) is 0.686. The van der Waals surface area contributed by atoms with E-state index in [0.717, 1.165) is 11.3 Å². The van der Waals surface area contributed by atoms with Crippen LogP contribution in [0.2, 0.25) is 0 Å². The summed E-state index contributed by atoms with van der Waals surface area (Å²) in [5.74, 6) is -0.852. The number of thioether (sulfide) groups is 1. The van der Waals surface area contributed by atoms with Crippen LogP contribution in [0.15, 0.2) is 29.3 Å². The molecule has 8 nitrogen and oxygen atoms in total. The molecule has 4 rings (SSSR count). The van der Waals surface area contributed by atoms with E-state index >= 15 is 0 Å². The van der Waals surface area contributed by atoms with Crippen molar-refractivity contribution in [3.05, 3.63) is 29.8 Å². The Morgan fingerprint density at radius 3 is 2.48 bits per heavy atom. The van der Waals surface area contributed by atoms with E-state index in [1.807, 2.05) is 36.1 Å². The maximum atomic E-state index is 13.2. The molecule has 2 fully saturated rings. The molecule has 4 atom stereocenters. The number of likely N-dealkylation sites (tertiary alicyclic amines) is 1. The number of amides is 2. The van der Waals surface area contributed by atoms with E-state index in [4.69, 9.17) is 14.5 Å². The van der Waals surface area contributed by atoms with Crippen molar-refractivity contribution >= 4 is 34.7 Å². The molecule has 2 amide bonds. The third-order valence-corrected chi connectivity index (χ3v) is 7.74. The third-order valence-electron chi connectivity index (χ3n) is 6.67. The van der Waals surface area contributed by atoms with Gasteiger partial charge in [0.1, 0.15) is 5.75 Å². The summed E-state index contributed by atoms with van der Waals surface area (Å²) in [4.78, 5) is 47.4. The highest BCUT2D eigenvalue weighted by Crippen LogP contribution is 2.53. The molecule has 3 heterocycles.